The molecule has 0 bridgehead atoms. The normalized spacial score (nSPS) is 17.7. The highest BCUT2D eigenvalue weighted by atomic mass is 15.2. The molecule has 100 valence electrons. The van der Waals surface area contributed by atoms with Gasteiger partial charge in [0.05, 0.1) is 5.92 Å². The van der Waals surface area contributed by atoms with Crippen LogP contribution in [-0.2, 0) is 0 Å². The van der Waals surface area contributed by atoms with Crippen molar-refractivity contribution >= 4 is 0 Å². The van der Waals surface area contributed by atoms with Gasteiger partial charge in [0.2, 0.25) is 0 Å². The predicted molar refractivity (Wildman–Crippen MR) is 74.9 cm³/mol. The third-order valence-electron chi connectivity index (χ3n) is 4.01. The largest absolute Gasteiger partial charge is 0.329 e. The van der Waals surface area contributed by atoms with Gasteiger partial charge in [-0.2, -0.15) is 5.10 Å². The van der Waals surface area contributed by atoms with Gasteiger partial charge >= 0.3 is 0 Å². The van der Waals surface area contributed by atoms with E-state index in [1.54, 1.807) is 0 Å². The quantitative estimate of drug-likeness (QED) is 0.883. The van der Waals surface area contributed by atoms with Gasteiger partial charge in [0, 0.05) is 12.5 Å². The van der Waals surface area contributed by atoms with Crippen molar-refractivity contribution in [1.29, 1.82) is 0 Å². The van der Waals surface area contributed by atoms with Gasteiger partial charge in [0.15, 0.2) is 5.82 Å². The molecule has 1 aromatic heterocycles. The van der Waals surface area contributed by atoms with E-state index in [-0.39, 0.29) is 5.92 Å². The molecule has 0 spiro atoms. The molecule has 0 amide bonds. The molecule has 1 aliphatic rings. The molecule has 1 aromatic carbocycles. The number of nitrogens with one attached hydrogen (secondary N) is 1. The van der Waals surface area contributed by atoms with E-state index in [2.05, 4.69) is 22.3 Å². The number of hydrogen-bond acceptors (Lipinski definition) is 3. The van der Waals surface area contributed by atoms with E-state index in [1.165, 1.54) is 31.2 Å². The minimum atomic E-state index is 0.0904. The van der Waals surface area contributed by atoms with E-state index >= 15 is 0 Å². The second kappa shape index (κ2) is 5.53. The van der Waals surface area contributed by atoms with Gasteiger partial charge in [-0.3, -0.25) is 5.10 Å². The fourth-order valence-electron chi connectivity index (χ4n) is 2.90. The highest BCUT2D eigenvalue weighted by Crippen LogP contribution is 2.32. The van der Waals surface area contributed by atoms with Gasteiger partial charge in [-0.1, -0.05) is 43.2 Å². The summed E-state index contributed by atoms with van der Waals surface area (Å²) >= 11 is 0. The number of rotatable bonds is 4. The fraction of sp³-hybridized carbons (Fsp3) is 0.467. The van der Waals surface area contributed by atoms with E-state index in [0.717, 1.165) is 11.6 Å². The first kappa shape index (κ1) is 12.4. The van der Waals surface area contributed by atoms with Crippen molar-refractivity contribution < 1.29 is 0 Å². The van der Waals surface area contributed by atoms with Crippen LogP contribution in [0.5, 0.6) is 0 Å². The molecule has 1 atom stereocenters. The first-order chi connectivity index (χ1) is 9.38. The zero-order valence-corrected chi connectivity index (χ0v) is 11.0. The van der Waals surface area contributed by atoms with Gasteiger partial charge in [-0.25, -0.2) is 4.98 Å². The molecular weight excluding hydrogens is 236 g/mol. The Morgan fingerprint density at radius 2 is 1.95 bits per heavy atom. The maximum Gasteiger partial charge on any atom is 0.159 e. The van der Waals surface area contributed by atoms with Crippen molar-refractivity contribution in [3.8, 4) is 0 Å². The Labute approximate surface area is 113 Å². The second-order valence-electron chi connectivity index (χ2n) is 5.26. The summed E-state index contributed by atoms with van der Waals surface area (Å²) in [6.07, 6.45) is 5.07. The van der Waals surface area contributed by atoms with E-state index in [4.69, 9.17) is 10.7 Å². The second-order valence-corrected chi connectivity index (χ2v) is 5.26. The minimum Gasteiger partial charge on any atom is -0.329 e. The topological polar surface area (TPSA) is 67.6 Å². The first-order valence-electron chi connectivity index (χ1n) is 7.05. The Morgan fingerprint density at radius 1 is 1.21 bits per heavy atom. The Balaban J connectivity index is 1.84. The summed E-state index contributed by atoms with van der Waals surface area (Å²) in [5.74, 6) is 2.53. The lowest BCUT2D eigenvalue weighted by Crippen LogP contribution is -2.15. The van der Waals surface area contributed by atoms with Gasteiger partial charge < -0.3 is 5.73 Å². The van der Waals surface area contributed by atoms with Crippen LogP contribution in [0, 0.1) is 0 Å². The summed E-state index contributed by atoms with van der Waals surface area (Å²) in [7, 11) is 0. The first-order valence-corrected chi connectivity index (χ1v) is 7.05. The smallest absolute Gasteiger partial charge is 0.159 e. The molecular formula is C15H20N4. The lowest BCUT2D eigenvalue weighted by Gasteiger charge is -2.11. The third-order valence-corrected chi connectivity index (χ3v) is 4.01. The molecule has 3 rings (SSSR count). The van der Waals surface area contributed by atoms with Crippen LogP contribution < -0.4 is 5.73 Å². The Morgan fingerprint density at radius 3 is 2.63 bits per heavy atom. The zero-order valence-electron chi connectivity index (χ0n) is 11.0. The average molecular weight is 256 g/mol. The predicted octanol–water partition coefficient (Wildman–Crippen LogP) is 2.55. The van der Waals surface area contributed by atoms with Gasteiger partial charge in [0.1, 0.15) is 5.82 Å². The average Bonchev–Trinajstić information content (AvgIpc) is 3.11. The Kier molecular flexibility index (Phi) is 3.60. The molecule has 4 heteroatoms. The highest BCUT2D eigenvalue weighted by molar-refractivity contribution is 5.26. The summed E-state index contributed by atoms with van der Waals surface area (Å²) in [6.45, 7) is 0.534. The number of benzene rings is 1. The van der Waals surface area contributed by atoms with E-state index in [1.807, 2.05) is 18.2 Å². The van der Waals surface area contributed by atoms with Crippen molar-refractivity contribution in [3.63, 3.8) is 0 Å². The molecule has 2 aromatic rings. The van der Waals surface area contributed by atoms with Crippen LogP contribution in [0.3, 0.4) is 0 Å². The molecule has 4 nitrogen and oxygen atoms in total. The molecule has 1 unspecified atom stereocenters. The van der Waals surface area contributed by atoms with Crippen molar-refractivity contribution in [3.05, 3.63) is 47.5 Å². The molecule has 1 fully saturated rings. The summed E-state index contributed by atoms with van der Waals surface area (Å²) < 4.78 is 0. The number of nitrogens with zero attached hydrogens (tertiary/aromatic N) is 2. The van der Waals surface area contributed by atoms with Crippen molar-refractivity contribution in [2.24, 2.45) is 5.73 Å². The minimum absolute atomic E-state index is 0.0904. The summed E-state index contributed by atoms with van der Waals surface area (Å²) in [6, 6.07) is 10.2. The maximum atomic E-state index is 5.91. The van der Waals surface area contributed by atoms with E-state index in [0.29, 0.717) is 12.5 Å². The van der Waals surface area contributed by atoms with Crippen LogP contribution in [0.25, 0.3) is 0 Å². The Bertz CT molecular complexity index is 514. The number of hydrogen-bond donors (Lipinski definition) is 2. The van der Waals surface area contributed by atoms with Crippen molar-refractivity contribution in [1.82, 2.24) is 15.2 Å². The van der Waals surface area contributed by atoms with Gasteiger partial charge in [-0.05, 0) is 18.4 Å². The molecule has 19 heavy (non-hydrogen) atoms. The van der Waals surface area contributed by atoms with E-state index < -0.39 is 0 Å². The number of aromatic amines is 1. The van der Waals surface area contributed by atoms with Gasteiger partial charge in [0.25, 0.3) is 0 Å². The van der Waals surface area contributed by atoms with Crippen LogP contribution in [0.15, 0.2) is 30.3 Å². The van der Waals surface area contributed by atoms with Gasteiger partial charge in [-0.15, -0.1) is 0 Å². The lowest BCUT2D eigenvalue weighted by molar-refractivity contribution is 0.670. The third kappa shape index (κ3) is 2.54. The lowest BCUT2D eigenvalue weighted by atomic mass is 9.99. The molecule has 1 saturated carbocycles. The molecule has 1 heterocycles. The van der Waals surface area contributed by atoms with Crippen molar-refractivity contribution in [2.45, 2.75) is 37.5 Å². The van der Waals surface area contributed by atoms with Crippen LogP contribution in [-0.4, -0.2) is 21.7 Å². The summed E-state index contributed by atoms with van der Waals surface area (Å²) in [5.41, 5.74) is 7.09. The summed E-state index contributed by atoms with van der Waals surface area (Å²) in [4.78, 5) is 4.69. The molecule has 1 aliphatic carbocycles. The summed E-state index contributed by atoms with van der Waals surface area (Å²) in [5, 5.41) is 7.51. The van der Waals surface area contributed by atoms with Crippen LogP contribution in [0.2, 0.25) is 0 Å². The monoisotopic (exact) mass is 256 g/mol. The fourth-order valence-corrected chi connectivity index (χ4v) is 2.90. The van der Waals surface area contributed by atoms with Crippen LogP contribution >= 0.6 is 0 Å². The number of nitrogens with two attached hydrogens (primary N) is 1. The number of H-pyrrole nitrogens is 1. The highest BCUT2D eigenvalue weighted by Gasteiger charge is 2.23. The van der Waals surface area contributed by atoms with Crippen LogP contribution in [0.4, 0.5) is 0 Å². The van der Waals surface area contributed by atoms with E-state index in [9.17, 15) is 0 Å². The molecule has 0 saturated heterocycles. The maximum absolute atomic E-state index is 5.91. The molecule has 0 aliphatic heterocycles. The van der Waals surface area contributed by atoms with Crippen molar-refractivity contribution in [2.75, 3.05) is 6.54 Å². The Hall–Kier alpha value is -1.68. The molecule has 3 N–H and O–H groups in total. The SMILES string of the molecule is NCC(c1ccccc1)c1n[nH]c(C2CCCC2)n1. The standard InChI is InChI=1S/C15H20N4/c16-10-13(11-6-2-1-3-7-11)15-17-14(18-19-15)12-8-4-5-9-12/h1-3,6-7,12-13H,4-5,8-10,16H2,(H,17,18,19). The zero-order chi connectivity index (χ0) is 13.1. The molecule has 0 radical (unpaired) electrons. The van der Waals surface area contributed by atoms with Crippen LogP contribution in [0.1, 0.15) is 54.7 Å². The number of aromatic nitrogens is 3.